The molecule has 0 bridgehead atoms. The summed E-state index contributed by atoms with van der Waals surface area (Å²) in [4.78, 5) is 28.0. The van der Waals surface area contributed by atoms with E-state index in [2.05, 4.69) is 0 Å². The third kappa shape index (κ3) is 5.41. The van der Waals surface area contributed by atoms with Crippen LogP contribution in [0.1, 0.15) is 49.1 Å². The largest absolute Gasteiger partial charge is 0.507 e. The number of ketones is 1. The van der Waals surface area contributed by atoms with Gasteiger partial charge in [0, 0.05) is 17.1 Å². The highest BCUT2D eigenvalue weighted by Gasteiger charge is 2.46. The van der Waals surface area contributed by atoms with Gasteiger partial charge in [-0.25, -0.2) is 0 Å². The van der Waals surface area contributed by atoms with Crippen molar-refractivity contribution in [2.24, 2.45) is 0 Å². The topological polar surface area (TPSA) is 66.8 Å². The maximum atomic E-state index is 13.2. The van der Waals surface area contributed by atoms with Gasteiger partial charge in [-0.05, 0) is 63.1 Å². The fraction of sp³-hybridized carbons (Fsp3) is 0.241. The van der Waals surface area contributed by atoms with Crippen molar-refractivity contribution in [1.29, 1.82) is 0 Å². The zero-order chi connectivity index (χ0) is 25.3. The van der Waals surface area contributed by atoms with Crippen LogP contribution in [0.25, 0.3) is 5.76 Å². The Labute approximate surface area is 210 Å². The number of carbonyl (C=O) groups is 2. The molecule has 1 amide bonds. The van der Waals surface area contributed by atoms with E-state index in [9.17, 15) is 14.7 Å². The van der Waals surface area contributed by atoms with Crippen LogP contribution in [0.4, 0.5) is 0 Å². The van der Waals surface area contributed by atoms with Crippen LogP contribution in [0.3, 0.4) is 0 Å². The predicted octanol–water partition coefficient (Wildman–Crippen LogP) is 6.45. The fourth-order valence-corrected chi connectivity index (χ4v) is 4.42. The molecule has 3 aromatic carbocycles. The summed E-state index contributed by atoms with van der Waals surface area (Å²) in [6, 6.07) is 20.9. The molecule has 1 N–H and O–H groups in total. The van der Waals surface area contributed by atoms with E-state index in [0.717, 1.165) is 22.4 Å². The van der Waals surface area contributed by atoms with Crippen LogP contribution in [0.2, 0.25) is 5.02 Å². The SMILES string of the molecule is Cc1cccc(C2/C(=C(/O)c3cccc(Cl)c3)C(=O)C(=O)N2Cc2ccc(OC(C)(C)C)cc2)c1. The Kier molecular flexibility index (Phi) is 6.73. The minimum absolute atomic E-state index is 0.0514. The molecule has 0 saturated carbocycles. The lowest BCUT2D eigenvalue weighted by molar-refractivity contribution is -0.140. The smallest absolute Gasteiger partial charge is 0.295 e. The average Bonchev–Trinajstić information content (AvgIpc) is 3.04. The van der Waals surface area contributed by atoms with Crippen molar-refractivity contribution in [3.05, 3.63) is 106 Å². The van der Waals surface area contributed by atoms with Gasteiger partial charge in [0.15, 0.2) is 0 Å². The highest BCUT2D eigenvalue weighted by Crippen LogP contribution is 2.40. The Balaban J connectivity index is 1.77. The first-order valence-corrected chi connectivity index (χ1v) is 11.8. The molecular weight excluding hydrogens is 462 g/mol. The zero-order valence-corrected chi connectivity index (χ0v) is 21.0. The number of likely N-dealkylation sites (tertiary alicyclic amines) is 1. The van der Waals surface area contributed by atoms with E-state index in [1.54, 1.807) is 24.3 Å². The number of halogens is 1. The van der Waals surface area contributed by atoms with Gasteiger partial charge in [-0.2, -0.15) is 0 Å². The number of Topliss-reactive ketones (excluding diaryl/α,β-unsaturated/α-hetero) is 1. The number of hydrogen-bond donors (Lipinski definition) is 1. The Bertz CT molecular complexity index is 1300. The summed E-state index contributed by atoms with van der Waals surface area (Å²) in [5.41, 5.74) is 2.69. The summed E-state index contributed by atoms with van der Waals surface area (Å²) in [6.45, 7) is 8.07. The molecule has 0 aromatic heterocycles. The maximum Gasteiger partial charge on any atom is 0.295 e. The zero-order valence-electron chi connectivity index (χ0n) is 20.2. The van der Waals surface area contributed by atoms with Crippen LogP contribution in [-0.2, 0) is 16.1 Å². The molecule has 180 valence electrons. The van der Waals surface area contributed by atoms with Crippen LogP contribution in [-0.4, -0.2) is 27.3 Å². The Morgan fingerprint density at radius 2 is 1.69 bits per heavy atom. The van der Waals surface area contributed by atoms with Gasteiger partial charge < -0.3 is 14.7 Å². The van der Waals surface area contributed by atoms with Crippen molar-refractivity contribution in [3.8, 4) is 5.75 Å². The number of hydrogen-bond acceptors (Lipinski definition) is 4. The molecule has 35 heavy (non-hydrogen) atoms. The fourth-order valence-electron chi connectivity index (χ4n) is 4.23. The molecule has 4 rings (SSSR count). The molecule has 0 aliphatic carbocycles. The van der Waals surface area contributed by atoms with Crippen molar-refractivity contribution in [3.63, 3.8) is 0 Å². The minimum Gasteiger partial charge on any atom is -0.507 e. The molecule has 1 atom stereocenters. The maximum absolute atomic E-state index is 13.2. The standard InChI is InChI=1S/C29H28ClNO4/c1-18-7-5-8-20(15-18)25-24(26(32)21-9-6-10-22(30)16-21)27(33)28(34)31(25)17-19-11-13-23(14-12-19)35-29(2,3)4/h5-16,25,32H,17H2,1-4H3/b26-24-. The molecule has 1 aliphatic rings. The van der Waals surface area contributed by atoms with Crippen molar-refractivity contribution < 1.29 is 19.4 Å². The summed E-state index contributed by atoms with van der Waals surface area (Å²) in [6.07, 6.45) is 0. The minimum atomic E-state index is -0.737. The van der Waals surface area contributed by atoms with Crippen molar-refractivity contribution in [1.82, 2.24) is 4.90 Å². The molecule has 1 saturated heterocycles. The number of amides is 1. The molecule has 1 fully saturated rings. The number of aliphatic hydroxyl groups is 1. The lowest BCUT2D eigenvalue weighted by atomic mass is 9.94. The van der Waals surface area contributed by atoms with Gasteiger partial charge in [-0.15, -0.1) is 0 Å². The summed E-state index contributed by atoms with van der Waals surface area (Å²) in [7, 11) is 0. The summed E-state index contributed by atoms with van der Waals surface area (Å²) in [5, 5.41) is 11.6. The molecule has 0 radical (unpaired) electrons. The van der Waals surface area contributed by atoms with Gasteiger partial charge in [-0.1, -0.05) is 65.7 Å². The number of nitrogens with zero attached hydrogens (tertiary/aromatic N) is 1. The highest BCUT2D eigenvalue weighted by molar-refractivity contribution is 6.46. The van der Waals surface area contributed by atoms with Crippen LogP contribution < -0.4 is 4.74 Å². The third-order valence-electron chi connectivity index (χ3n) is 5.70. The molecular formula is C29H28ClNO4. The van der Waals surface area contributed by atoms with Gasteiger partial charge in [-0.3, -0.25) is 9.59 Å². The summed E-state index contributed by atoms with van der Waals surface area (Å²) >= 11 is 6.12. The van der Waals surface area contributed by atoms with Crippen molar-refractivity contribution >= 4 is 29.1 Å². The van der Waals surface area contributed by atoms with Gasteiger partial charge >= 0.3 is 0 Å². The number of rotatable bonds is 5. The third-order valence-corrected chi connectivity index (χ3v) is 5.93. The molecule has 1 aliphatic heterocycles. The van der Waals surface area contributed by atoms with Crippen LogP contribution in [0.15, 0.2) is 78.4 Å². The summed E-state index contributed by atoms with van der Waals surface area (Å²) in [5.74, 6) is -0.898. The molecule has 5 nitrogen and oxygen atoms in total. The Morgan fingerprint density at radius 1 is 1.00 bits per heavy atom. The average molecular weight is 490 g/mol. The Morgan fingerprint density at radius 3 is 2.31 bits per heavy atom. The molecule has 0 spiro atoms. The van der Waals surface area contributed by atoms with E-state index in [0.29, 0.717) is 10.6 Å². The monoisotopic (exact) mass is 489 g/mol. The van der Waals surface area contributed by atoms with Gasteiger partial charge in [0.25, 0.3) is 11.7 Å². The molecule has 6 heteroatoms. The van der Waals surface area contributed by atoms with Gasteiger partial charge in [0.1, 0.15) is 17.1 Å². The van der Waals surface area contributed by atoms with E-state index < -0.39 is 17.7 Å². The van der Waals surface area contributed by atoms with E-state index >= 15 is 0 Å². The number of carbonyl (C=O) groups excluding carboxylic acids is 2. The first-order chi connectivity index (χ1) is 16.5. The molecule has 3 aromatic rings. The molecule has 1 unspecified atom stereocenters. The molecule has 1 heterocycles. The summed E-state index contributed by atoms with van der Waals surface area (Å²) < 4.78 is 5.89. The van der Waals surface area contributed by atoms with E-state index in [1.165, 1.54) is 4.90 Å². The van der Waals surface area contributed by atoms with Gasteiger partial charge in [0.2, 0.25) is 0 Å². The van der Waals surface area contributed by atoms with Crippen molar-refractivity contribution in [2.45, 2.75) is 45.9 Å². The van der Waals surface area contributed by atoms with Crippen LogP contribution in [0, 0.1) is 6.92 Å². The van der Waals surface area contributed by atoms with Crippen LogP contribution in [0.5, 0.6) is 5.75 Å². The number of aliphatic hydroxyl groups excluding tert-OH is 1. The van der Waals surface area contributed by atoms with Gasteiger partial charge in [0.05, 0.1) is 11.6 Å². The predicted molar refractivity (Wildman–Crippen MR) is 137 cm³/mol. The second-order valence-corrected chi connectivity index (χ2v) is 10.1. The van der Waals surface area contributed by atoms with Crippen molar-refractivity contribution in [2.75, 3.05) is 0 Å². The normalized spacial score (nSPS) is 17.6. The first-order valence-electron chi connectivity index (χ1n) is 11.4. The lowest BCUT2D eigenvalue weighted by Crippen LogP contribution is -2.29. The second kappa shape index (κ2) is 9.59. The van der Waals surface area contributed by atoms with E-state index in [-0.39, 0.29) is 23.5 Å². The second-order valence-electron chi connectivity index (χ2n) is 9.71. The van der Waals surface area contributed by atoms with Crippen LogP contribution >= 0.6 is 11.6 Å². The number of benzene rings is 3. The highest BCUT2D eigenvalue weighted by atomic mass is 35.5. The number of aryl methyl sites for hydroxylation is 1. The Hall–Kier alpha value is -3.57. The van der Waals surface area contributed by atoms with E-state index in [1.807, 2.05) is 76.2 Å². The quantitative estimate of drug-likeness (QED) is 0.254. The lowest BCUT2D eigenvalue weighted by Gasteiger charge is -2.26. The first kappa shape index (κ1) is 24.6. The number of ether oxygens (including phenoxy) is 1. The van der Waals surface area contributed by atoms with E-state index in [4.69, 9.17) is 16.3 Å².